The molecule has 0 bridgehead atoms. The monoisotopic (exact) mass is 329 g/mol. The van der Waals surface area contributed by atoms with Gasteiger partial charge in [0, 0.05) is 29.9 Å². The Morgan fingerprint density at radius 2 is 1.92 bits per heavy atom. The summed E-state index contributed by atoms with van der Waals surface area (Å²) in [7, 11) is 0. The van der Waals surface area contributed by atoms with E-state index < -0.39 is 0 Å². The molecule has 1 aromatic heterocycles. The third kappa shape index (κ3) is 4.01. The maximum absolute atomic E-state index is 12.4. The van der Waals surface area contributed by atoms with Crippen LogP contribution in [0.5, 0.6) is 0 Å². The molecule has 0 saturated carbocycles. The van der Waals surface area contributed by atoms with Gasteiger partial charge in [-0.15, -0.1) is 0 Å². The molecular weight excluding hydrogens is 306 g/mol. The van der Waals surface area contributed by atoms with E-state index >= 15 is 0 Å². The van der Waals surface area contributed by atoms with Crippen molar-refractivity contribution >= 4 is 17.5 Å². The highest BCUT2D eigenvalue weighted by Crippen LogP contribution is 2.16. The minimum absolute atomic E-state index is 0.0400. The second kappa shape index (κ2) is 7.77. The molecule has 2 aromatic rings. The van der Waals surface area contributed by atoms with Gasteiger partial charge in [-0.1, -0.05) is 11.2 Å². The number of aromatic nitrogens is 1. The number of carbonyl (C=O) groups excluding carboxylic acids is 2. The number of nitrogens with one attached hydrogen (secondary N) is 1. The summed E-state index contributed by atoms with van der Waals surface area (Å²) in [6, 6.07) is 6.99. The molecule has 0 aliphatic rings. The van der Waals surface area contributed by atoms with Crippen molar-refractivity contribution in [3.8, 4) is 0 Å². The number of rotatable bonds is 6. The zero-order valence-corrected chi connectivity index (χ0v) is 14.5. The molecule has 0 fully saturated rings. The van der Waals surface area contributed by atoms with Gasteiger partial charge in [0.25, 0.3) is 5.91 Å². The molecule has 1 heterocycles. The Bertz CT molecular complexity index is 713. The van der Waals surface area contributed by atoms with E-state index in [2.05, 4.69) is 10.5 Å². The minimum atomic E-state index is -0.170. The Kier molecular flexibility index (Phi) is 5.73. The third-order valence-electron chi connectivity index (χ3n) is 3.96. The van der Waals surface area contributed by atoms with Crippen molar-refractivity contribution < 1.29 is 14.1 Å². The first-order chi connectivity index (χ1) is 11.5. The van der Waals surface area contributed by atoms with Crippen molar-refractivity contribution in [1.29, 1.82) is 0 Å². The maximum Gasteiger partial charge on any atom is 0.253 e. The van der Waals surface area contributed by atoms with E-state index in [4.69, 9.17) is 4.52 Å². The number of benzene rings is 1. The van der Waals surface area contributed by atoms with Crippen LogP contribution in [0.15, 0.2) is 28.8 Å². The number of hydrogen-bond acceptors (Lipinski definition) is 4. The van der Waals surface area contributed by atoms with E-state index in [9.17, 15) is 9.59 Å². The predicted molar refractivity (Wildman–Crippen MR) is 92.0 cm³/mol. The van der Waals surface area contributed by atoms with E-state index in [1.54, 1.807) is 36.1 Å². The normalized spacial score (nSPS) is 10.5. The Morgan fingerprint density at radius 1 is 1.21 bits per heavy atom. The van der Waals surface area contributed by atoms with Gasteiger partial charge in [0.1, 0.15) is 5.76 Å². The maximum atomic E-state index is 12.4. The van der Waals surface area contributed by atoms with Gasteiger partial charge in [-0.2, -0.15) is 0 Å². The van der Waals surface area contributed by atoms with Crippen LogP contribution >= 0.6 is 0 Å². The van der Waals surface area contributed by atoms with Crippen molar-refractivity contribution in [2.75, 3.05) is 18.4 Å². The van der Waals surface area contributed by atoms with Crippen molar-refractivity contribution in [3.05, 3.63) is 46.8 Å². The second-order valence-electron chi connectivity index (χ2n) is 5.59. The van der Waals surface area contributed by atoms with E-state index in [1.165, 1.54) is 0 Å². The van der Waals surface area contributed by atoms with Crippen LogP contribution in [-0.4, -0.2) is 35.0 Å². The Hall–Kier alpha value is -2.63. The molecule has 6 heteroatoms. The molecule has 2 amide bonds. The molecule has 1 N–H and O–H groups in total. The number of amides is 2. The summed E-state index contributed by atoms with van der Waals surface area (Å²) in [5, 5.41) is 6.67. The number of carbonyl (C=O) groups is 2. The van der Waals surface area contributed by atoms with Crippen LogP contribution in [0.4, 0.5) is 5.69 Å². The van der Waals surface area contributed by atoms with Crippen molar-refractivity contribution in [2.24, 2.45) is 0 Å². The smallest absolute Gasteiger partial charge is 0.253 e. The fraction of sp³-hybridized carbons (Fsp3) is 0.389. The molecule has 1 aromatic carbocycles. The topological polar surface area (TPSA) is 75.4 Å². The second-order valence-corrected chi connectivity index (χ2v) is 5.59. The zero-order chi connectivity index (χ0) is 17.7. The summed E-state index contributed by atoms with van der Waals surface area (Å²) in [6.45, 7) is 8.78. The molecule has 0 aliphatic heterocycles. The lowest BCUT2D eigenvalue weighted by molar-refractivity contribution is -0.115. The fourth-order valence-corrected chi connectivity index (χ4v) is 2.54. The lowest BCUT2D eigenvalue weighted by Gasteiger charge is -2.19. The van der Waals surface area contributed by atoms with Crippen LogP contribution in [0.25, 0.3) is 0 Å². The van der Waals surface area contributed by atoms with E-state index in [0.29, 0.717) is 35.8 Å². The molecular formula is C18H23N3O3. The van der Waals surface area contributed by atoms with Crippen molar-refractivity contribution in [3.63, 3.8) is 0 Å². The highest BCUT2D eigenvalue weighted by atomic mass is 16.5. The van der Waals surface area contributed by atoms with Gasteiger partial charge in [-0.05, 0) is 45.9 Å². The molecule has 0 saturated heterocycles. The largest absolute Gasteiger partial charge is 0.361 e. The number of aryl methyl sites for hydroxylation is 2. The van der Waals surface area contributed by atoms with Crippen LogP contribution in [0.1, 0.15) is 41.2 Å². The molecule has 24 heavy (non-hydrogen) atoms. The van der Waals surface area contributed by atoms with Gasteiger partial charge >= 0.3 is 0 Å². The van der Waals surface area contributed by atoms with Crippen molar-refractivity contribution in [1.82, 2.24) is 10.1 Å². The molecule has 128 valence electrons. The Morgan fingerprint density at radius 3 is 2.50 bits per heavy atom. The summed E-state index contributed by atoms with van der Waals surface area (Å²) >= 11 is 0. The Labute approximate surface area is 141 Å². The summed E-state index contributed by atoms with van der Waals surface area (Å²) < 4.78 is 5.07. The highest BCUT2D eigenvalue weighted by Gasteiger charge is 2.15. The van der Waals surface area contributed by atoms with Crippen LogP contribution in [-0.2, 0) is 11.2 Å². The fourth-order valence-electron chi connectivity index (χ4n) is 2.54. The lowest BCUT2D eigenvalue weighted by Crippen LogP contribution is -2.30. The van der Waals surface area contributed by atoms with Crippen molar-refractivity contribution in [2.45, 2.75) is 34.1 Å². The predicted octanol–water partition coefficient (Wildman–Crippen LogP) is 2.95. The third-order valence-corrected chi connectivity index (χ3v) is 3.96. The van der Waals surface area contributed by atoms with Gasteiger partial charge in [-0.25, -0.2) is 0 Å². The Balaban J connectivity index is 2.09. The van der Waals surface area contributed by atoms with Gasteiger partial charge in [0.2, 0.25) is 5.91 Å². The highest BCUT2D eigenvalue weighted by molar-refractivity contribution is 5.97. The van der Waals surface area contributed by atoms with E-state index in [1.807, 2.05) is 20.8 Å². The zero-order valence-electron chi connectivity index (χ0n) is 14.5. The first-order valence-electron chi connectivity index (χ1n) is 8.07. The average molecular weight is 329 g/mol. The van der Waals surface area contributed by atoms with Crippen LogP contribution in [0.2, 0.25) is 0 Å². The molecule has 2 rings (SSSR count). The molecule has 0 spiro atoms. The lowest BCUT2D eigenvalue weighted by atomic mass is 10.1. The van der Waals surface area contributed by atoms with Gasteiger partial charge < -0.3 is 14.7 Å². The molecule has 6 nitrogen and oxygen atoms in total. The first kappa shape index (κ1) is 17.7. The molecule has 0 atom stereocenters. The SMILES string of the molecule is CCN(CC)C(=O)c1cccc(NC(=O)Cc2c(C)noc2C)c1. The summed E-state index contributed by atoms with van der Waals surface area (Å²) in [5.41, 5.74) is 2.68. The summed E-state index contributed by atoms with van der Waals surface area (Å²) in [5.74, 6) is 0.437. The van der Waals surface area contributed by atoms with Crippen LogP contribution in [0, 0.1) is 13.8 Å². The van der Waals surface area contributed by atoms with Gasteiger partial charge in [-0.3, -0.25) is 9.59 Å². The van der Waals surface area contributed by atoms with E-state index in [0.717, 1.165) is 5.56 Å². The number of anilines is 1. The van der Waals surface area contributed by atoms with Crippen LogP contribution < -0.4 is 5.32 Å². The first-order valence-corrected chi connectivity index (χ1v) is 8.07. The quantitative estimate of drug-likeness (QED) is 0.884. The molecule has 0 unspecified atom stereocenters. The summed E-state index contributed by atoms with van der Waals surface area (Å²) in [4.78, 5) is 26.4. The van der Waals surface area contributed by atoms with Gasteiger partial charge in [0.05, 0.1) is 12.1 Å². The van der Waals surface area contributed by atoms with Gasteiger partial charge in [0.15, 0.2) is 0 Å². The number of hydrogen-bond donors (Lipinski definition) is 1. The van der Waals surface area contributed by atoms with E-state index in [-0.39, 0.29) is 18.2 Å². The van der Waals surface area contributed by atoms with Crippen LogP contribution in [0.3, 0.4) is 0 Å². The standard InChI is InChI=1S/C18H23N3O3/c1-5-21(6-2)18(23)14-8-7-9-15(10-14)19-17(22)11-16-12(3)20-24-13(16)4/h7-10H,5-6,11H2,1-4H3,(H,19,22). The minimum Gasteiger partial charge on any atom is -0.361 e. The molecule has 0 radical (unpaired) electrons. The summed E-state index contributed by atoms with van der Waals surface area (Å²) in [6.07, 6.45) is 0.190. The average Bonchev–Trinajstić information content (AvgIpc) is 2.88. The molecule has 0 aliphatic carbocycles. The number of nitrogens with zero attached hydrogens (tertiary/aromatic N) is 2.